The van der Waals surface area contributed by atoms with Gasteiger partial charge in [-0.3, -0.25) is 10.1 Å². The van der Waals surface area contributed by atoms with Crippen LogP contribution in [-0.2, 0) is 0 Å². The molecule has 0 amide bonds. The molecule has 0 saturated heterocycles. The van der Waals surface area contributed by atoms with Crippen molar-refractivity contribution >= 4 is 5.96 Å². The van der Waals surface area contributed by atoms with Crippen LogP contribution in [0.1, 0.15) is 39.3 Å². The molecule has 2 atom stereocenters. The molecule has 1 aliphatic carbocycles. The largest absolute Gasteiger partial charge is 0.369 e. The minimum absolute atomic E-state index is 0.0352. The van der Waals surface area contributed by atoms with E-state index in [4.69, 9.17) is 5.73 Å². The molecule has 23 heavy (non-hydrogen) atoms. The molecule has 2 aliphatic rings. The molecule has 1 aromatic heterocycles. The van der Waals surface area contributed by atoms with Crippen molar-refractivity contribution in [3.63, 3.8) is 0 Å². The molecule has 1 aliphatic heterocycles. The number of guanidine groups is 1. The molecule has 3 rings (SSSR count). The van der Waals surface area contributed by atoms with Crippen molar-refractivity contribution in [2.75, 3.05) is 0 Å². The van der Waals surface area contributed by atoms with Crippen LogP contribution in [0.3, 0.4) is 0 Å². The van der Waals surface area contributed by atoms with Gasteiger partial charge in [0.2, 0.25) is 6.17 Å². The number of hydrogen-bond acceptors (Lipinski definition) is 6. The van der Waals surface area contributed by atoms with Gasteiger partial charge in [-0.15, -0.1) is 0 Å². The quantitative estimate of drug-likeness (QED) is 0.522. The zero-order chi connectivity index (χ0) is 16.6. The minimum Gasteiger partial charge on any atom is -0.369 e. The standard InChI is InChI=1S/C15H20N6O2/c1-11-12(21(22)23)13(19-9-8-17-10-19)20(14(16)18-11)15(2)6-4-3-5-7-15/h3-4,8-10,13H,5-7H2,1-2H3,(H2,16,18). The summed E-state index contributed by atoms with van der Waals surface area (Å²) in [4.78, 5) is 21.5. The van der Waals surface area contributed by atoms with E-state index in [-0.39, 0.29) is 16.2 Å². The monoisotopic (exact) mass is 316 g/mol. The van der Waals surface area contributed by atoms with Crippen LogP contribution in [0.5, 0.6) is 0 Å². The first-order chi connectivity index (χ1) is 10.9. The molecule has 2 N–H and O–H groups in total. The fourth-order valence-corrected chi connectivity index (χ4v) is 3.37. The number of nitrogens with zero attached hydrogens (tertiary/aromatic N) is 5. The Bertz CT molecular complexity index is 706. The summed E-state index contributed by atoms with van der Waals surface area (Å²) in [6, 6.07) is 0. The molecule has 1 aromatic rings. The summed E-state index contributed by atoms with van der Waals surface area (Å²) in [5.41, 5.74) is 6.24. The molecule has 0 spiro atoms. The first kappa shape index (κ1) is 15.3. The molecular formula is C15H20N6O2. The smallest absolute Gasteiger partial charge is 0.310 e. The van der Waals surface area contributed by atoms with Crippen LogP contribution >= 0.6 is 0 Å². The van der Waals surface area contributed by atoms with Gasteiger partial charge in [0.1, 0.15) is 5.70 Å². The van der Waals surface area contributed by atoms with E-state index in [1.165, 1.54) is 0 Å². The van der Waals surface area contributed by atoms with Crippen molar-refractivity contribution in [3.05, 3.63) is 52.4 Å². The number of nitrogens with two attached hydrogens (primary N) is 1. The highest BCUT2D eigenvalue weighted by Gasteiger charge is 2.47. The van der Waals surface area contributed by atoms with E-state index in [9.17, 15) is 10.1 Å². The van der Waals surface area contributed by atoms with Crippen LogP contribution in [0, 0.1) is 10.1 Å². The predicted molar refractivity (Wildman–Crippen MR) is 85.8 cm³/mol. The Balaban J connectivity index is 2.15. The molecule has 2 heterocycles. The highest BCUT2D eigenvalue weighted by atomic mass is 16.6. The van der Waals surface area contributed by atoms with Gasteiger partial charge in [-0.1, -0.05) is 12.2 Å². The SMILES string of the molecule is CC1=C([N+](=O)[O-])C(n2ccnc2)N(C2(C)CC=CCC2)C(N)=N1. The lowest BCUT2D eigenvalue weighted by atomic mass is 9.85. The Morgan fingerprint density at radius 1 is 1.48 bits per heavy atom. The van der Waals surface area contributed by atoms with Gasteiger partial charge in [0, 0.05) is 17.9 Å². The highest BCUT2D eigenvalue weighted by molar-refractivity contribution is 5.81. The van der Waals surface area contributed by atoms with Gasteiger partial charge in [0.25, 0.3) is 0 Å². The summed E-state index contributed by atoms with van der Waals surface area (Å²) in [5.74, 6) is 0.310. The van der Waals surface area contributed by atoms with Crippen LogP contribution in [0.25, 0.3) is 0 Å². The van der Waals surface area contributed by atoms with Crippen molar-refractivity contribution < 1.29 is 4.92 Å². The fourth-order valence-electron chi connectivity index (χ4n) is 3.37. The molecule has 0 aromatic carbocycles. The van der Waals surface area contributed by atoms with Crippen molar-refractivity contribution in [3.8, 4) is 0 Å². The lowest BCUT2D eigenvalue weighted by molar-refractivity contribution is -0.438. The van der Waals surface area contributed by atoms with Crippen LogP contribution in [0.4, 0.5) is 0 Å². The maximum absolute atomic E-state index is 11.7. The minimum atomic E-state index is -0.651. The van der Waals surface area contributed by atoms with E-state index in [1.807, 2.05) is 4.90 Å². The maximum atomic E-state index is 11.7. The topological polar surface area (TPSA) is 103 Å². The lowest BCUT2D eigenvalue weighted by Crippen LogP contribution is -2.58. The van der Waals surface area contributed by atoms with E-state index in [0.29, 0.717) is 11.7 Å². The summed E-state index contributed by atoms with van der Waals surface area (Å²) >= 11 is 0. The Labute approximate surface area is 134 Å². The average molecular weight is 316 g/mol. The average Bonchev–Trinajstić information content (AvgIpc) is 3.00. The first-order valence-electron chi connectivity index (χ1n) is 7.55. The van der Waals surface area contributed by atoms with Gasteiger partial charge in [-0.05, 0) is 33.1 Å². The van der Waals surface area contributed by atoms with Gasteiger partial charge in [-0.2, -0.15) is 0 Å². The van der Waals surface area contributed by atoms with Crippen molar-refractivity contribution in [1.82, 2.24) is 14.5 Å². The maximum Gasteiger partial charge on any atom is 0.310 e. The Hall–Kier alpha value is -2.64. The summed E-state index contributed by atoms with van der Waals surface area (Å²) in [6.45, 7) is 3.69. The van der Waals surface area contributed by atoms with Crippen molar-refractivity contribution in [2.24, 2.45) is 10.7 Å². The number of hydrogen-bond donors (Lipinski definition) is 1. The lowest BCUT2D eigenvalue weighted by Gasteiger charge is -2.47. The highest BCUT2D eigenvalue weighted by Crippen LogP contribution is 2.40. The van der Waals surface area contributed by atoms with E-state index in [2.05, 4.69) is 29.1 Å². The Kier molecular flexibility index (Phi) is 3.67. The number of rotatable bonds is 3. The van der Waals surface area contributed by atoms with E-state index < -0.39 is 6.17 Å². The zero-order valence-electron chi connectivity index (χ0n) is 13.2. The van der Waals surface area contributed by atoms with Gasteiger partial charge < -0.3 is 15.2 Å². The van der Waals surface area contributed by atoms with Gasteiger partial charge >= 0.3 is 5.70 Å². The second-order valence-electron chi connectivity index (χ2n) is 6.16. The number of aromatic nitrogens is 2. The summed E-state index contributed by atoms with van der Waals surface area (Å²) in [6.07, 6.45) is 11.0. The van der Waals surface area contributed by atoms with Crippen LogP contribution < -0.4 is 5.73 Å². The predicted octanol–water partition coefficient (Wildman–Crippen LogP) is 2.02. The molecule has 0 saturated carbocycles. The summed E-state index contributed by atoms with van der Waals surface area (Å²) < 4.78 is 1.72. The van der Waals surface area contributed by atoms with Gasteiger partial charge in [0.15, 0.2) is 5.96 Å². The van der Waals surface area contributed by atoms with Crippen molar-refractivity contribution in [1.29, 1.82) is 0 Å². The van der Waals surface area contributed by atoms with E-state index >= 15 is 0 Å². The fraction of sp³-hybridized carbons (Fsp3) is 0.467. The normalized spacial score (nSPS) is 28.0. The third-order valence-electron chi connectivity index (χ3n) is 4.55. The molecule has 8 heteroatoms. The molecule has 0 bridgehead atoms. The molecule has 2 unspecified atom stereocenters. The first-order valence-corrected chi connectivity index (χ1v) is 7.55. The number of allylic oxidation sites excluding steroid dienone is 2. The van der Waals surface area contributed by atoms with Gasteiger partial charge in [-0.25, -0.2) is 9.98 Å². The summed E-state index contributed by atoms with van der Waals surface area (Å²) in [7, 11) is 0. The van der Waals surface area contributed by atoms with E-state index in [0.717, 1.165) is 19.3 Å². The third kappa shape index (κ3) is 2.49. The van der Waals surface area contributed by atoms with Gasteiger partial charge in [0.05, 0.1) is 11.3 Å². The molecule has 8 nitrogen and oxygen atoms in total. The second-order valence-corrected chi connectivity index (χ2v) is 6.16. The number of nitro groups is 1. The number of aliphatic imine (C=N–C) groups is 1. The summed E-state index contributed by atoms with van der Waals surface area (Å²) in [5, 5.41) is 11.7. The number of imidazole rings is 1. The second kappa shape index (κ2) is 5.53. The zero-order valence-corrected chi connectivity index (χ0v) is 13.2. The van der Waals surface area contributed by atoms with Crippen molar-refractivity contribution in [2.45, 2.75) is 44.8 Å². The van der Waals surface area contributed by atoms with Crippen LogP contribution in [0.2, 0.25) is 0 Å². The van der Waals surface area contributed by atoms with Crippen LogP contribution in [-0.4, -0.2) is 30.9 Å². The Morgan fingerprint density at radius 2 is 2.26 bits per heavy atom. The molecule has 0 fully saturated rings. The molecule has 0 radical (unpaired) electrons. The Morgan fingerprint density at radius 3 is 2.83 bits per heavy atom. The van der Waals surface area contributed by atoms with E-state index in [1.54, 1.807) is 30.2 Å². The molecular weight excluding hydrogens is 296 g/mol. The molecule has 122 valence electrons. The van der Waals surface area contributed by atoms with Crippen LogP contribution in [0.15, 0.2) is 47.3 Å². The third-order valence-corrected chi connectivity index (χ3v) is 4.55.